The molecule has 0 aliphatic heterocycles. The smallest absolute Gasteiger partial charge is 0.241 e. The number of ether oxygens (including phenoxy) is 1. The van der Waals surface area contributed by atoms with Crippen molar-refractivity contribution in [2.45, 2.75) is 38.6 Å². The summed E-state index contributed by atoms with van der Waals surface area (Å²) in [6.45, 7) is 4.24. The Morgan fingerprint density at radius 3 is 2.59 bits per heavy atom. The Morgan fingerprint density at radius 1 is 1.36 bits per heavy atom. The van der Waals surface area contributed by atoms with E-state index >= 15 is 0 Å². The van der Waals surface area contributed by atoms with Crippen molar-refractivity contribution in [3.05, 3.63) is 35.9 Å². The van der Waals surface area contributed by atoms with Gasteiger partial charge in [-0.25, -0.2) is 0 Å². The highest BCUT2D eigenvalue weighted by molar-refractivity contribution is 5.85. The number of amides is 1. The third kappa shape index (κ3) is 4.97. The Balaban J connectivity index is 0.00000242. The van der Waals surface area contributed by atoms with E-state index in [0.29, 0.717) is 6.54 Å². The summed E-state index contributed by atoms with van der Waals surface area (Å²) >= 11 is 0. The molecule has 0 spiro atoms. The van der Waals surface area contributed by atoms with Gasteiger partial charge in [0.1, 0.15) is 6.04 Å². The van der Waals surface area contributed by atoms with Crippen LogP contribution in [-0.4, -0.2) is 25.7 Å². The maximum Gasteiger partial charge on any atom is 0.241 e. The van der Waals surface area contributed by atoms with Crippen molar-refractivity contribution in [2.24, 2.45) is 11.1 Å². The van der Waals surface area contributed by atoms with Gasteiger partial charge in [-0.05, 0) is 37.2 Å². The van der Waals surface area contributed by atoms with Crippen LogP contribution in [0, 0.1) is 5.41 Å². The van der Waals surface area contributed by atoms with E-state index < -0.39 is 6.04 Å². The Labute approximate surface area is 139 Å². The van der Waals surface area contributed by atoms with Crippen molar-refractivity contribution in [1.29, 1.82) is 0 Å². The largest absolute Gasteiger partial charge is 0.382 e. The van der Waals surface area contributed by atoms with E-state index in [1.165, 1.54) is 19.3 Å². The van der Waals surface area contributed by atoms with E-state index in [0.717, 1.165) is 25.2 Å². The lowest BCUT2D eigenvalue weighted by Crippen LogP contribution is -2.45. The van der Waals surface area contributed by atoms with E-state index in [1.54, 1.807) is 0 Å². The number of nitrogens with two attached hydrogens (primary N) is 1. The predicted octanol–water partition coefficient (Wildman–Crippen LogP) is 2.82. The molecule has 1 aliphatic carbocycles. The molecule has 1 aromatic rings. The van der Waals surface area contributed by atoms with Crippen molar-refractivity contribution < 1.29 is 9.53 Å². The fourth-order valence-electron chi connectivity index (χ4n) is 2.82. The molecule has 3 N–H and O–H groups in total. The zero-order valence-corrected chi connectivity index (χ0v) is 14.0. The topological polar surface area (TPSA) is 64.3 Å². The lowest BCUT2D eigenvalue weighted by molar-refractivity contribution is -0.123. The number of nitrogens with one attached hydrogen (secondary N) is 1. The van der Waals surface area contributed by atoms with Crippen LogP contribution in [0.3, 0.4) is 0 Å². The Morgan fingerprint density at radius 2 is 2.05 bits per heavy atom. The number of carbonyl (C=O) groups is 1. The van der Waals surface area contributed by atoms with Gasteiger partial charge in [-0.15, -0.1) is 12.4 Å². The second-order valence-electron chi connectivity index (χ2n) is 5.91. The van der Waals surface area contributed by atoms with Crippen LogP contribution in [0.5, 0.6) is 0 Å². The van der Waals surface area contributed by atoms with E-state index in [2.05, 4.69) is 5.32 Å². The summed E-state index contributed by atoms with van der Waals surface area (Å²) in [5.41, 5.74) is 7.09. The Bertz CT molecular complexity index is 449. The minimum Gasteiger partial charge on any atom is -0.382 e. The molecular formula is C17H27ClN2O2. The molecule has 1 amide bonds. The fourth-order valence-corrected chi connectivity index (χ4v) is 2.82. The number of hydrogen-bond acceptors (Lipinski definition) is 3. The molecule has 0 radical (unpaired) electrons. The molecule has 2 rings (SSSR count). The standard InChI is InChI=1S/C17H26N2O2.ClH/c1-2-21-12-11-17(9-6-10-17)13-19-16(20)15(18)14-7-4-3-5-8-14;/h3-5,7-8,15H,2,6,9-13,18H2,1H3,(H,19,20);1H. The first-order valence-corrected chi connectivity index (χ1v) is 7.83. The monoisotopic (exact) mass is 326 g/mol. The summed E-state index contributed by atoms with van der Waals surface area (Å²) in [5.74, 6) is -0.0936. The summed E-state index contributed by atoms with van der Waals surface area (Å²) in [4.78, 5) is 12.2. The van der Waals surface area contributed by atoms with Crippen molar-refractivity contribution in [3.63, 3.8) is 0 Å². The van der Waals surface area contributed by atoms with Gasteiger partial charge >= 0.3 is 0 Å². The number of rotatable bonds is 8. The second kappa shape index (κ2) is 9.13. The summed E-state index contributed by atoms with van der Waals surface area (Å²) in [7, 11) is 0. The van der Waals surface area contributed by atoms with E-state index in [4.69, 9.17) is 10.5 Å². The maximum absolute atomic E-state index is 12.2. The summed E-state index contributed by atoms with van der Waals surface area (Å²) in [6.07, 6.45) is 4.59. The normalized spacial score (nSPS) is 17.0. The van der Waals surface area contributed by atoms with Crippen molar-refractivity contribution >= 4 is 18.3 Å². The molecule has 0 saturated heterocycles. The first kappa shape index (κ1) is 18.9. The average Bonchev–Trinajstić information content (AvgIpc) is 2.49. The number of hydrogen-bond donors (Lipinski definition) is 2. The number of halogens is 1. The summed E-state index contributed by atoms with van der Waals surface area (Å²) in [5, 5.41) is 3.03. The predicted molar refractivity (Wildman–Crippen MR) is 91.0 cm³/mol. The molecule has 1 unspecified atom stereocenters. The van der Waals surface area contributed by atoms with Crippen LogP contribution in [0.15, 0.2) is 30.3 Å². The molecule has 1 fully saturated rings. The van der Waals surface area contributed by atoms with E-state index in [-0.39, 0.29) is 23.7 Å². The average molecular weight is 327 g/mol. The fraction of sp³-hybridized carbons (Fsp3) is 0.588. The number of carbonyl (C=O) groups excluding carboxylic acids is 1. The highest BCUT2D eigenvalue weighted by Gasteiger charge is 2.37. The second-order valence-corrected chi connectivity index (χ2v) is 5.91. The third-order valence-corrected chi connectivity index (χ3v) is 4.47. The zero-order chi connectivity index (χ0) is 15.1. The lowest BCUT2D eigenvalue weighted by Gasteiger charge is -2.42. The van der Waals surface area contributed by atoms with Gasteiger partial charge in [0, 0.05) is 19.8 Å². The van der Waals surface area contributed by atoms with Crippen LogP contribution in [0.4, 0.5) is 0 Å². The van der Waals surface area contributed by atoms with Crippen molar-refractivity contribution in [2.75, 3.05) is 19.8 Å². The van der Waals surface area contributed by atoms with Gasteiger partial charge in [0.25, 0.3) is 0 Å². The first-order valence-electron chi connectivity index (χ1n) is 7.83. The minimum absolute atomic E-state index is 0. The molecule has 1 atom stereocenters. The molecule has 124 valence electrons. The van der Waals surface area contributed by atoms with Crippen LogP contribution in [-0.2, 0) is 9.53 Å². The Hall–Kier alpha value is -1.10. The van der Waals surface area contributed by atoms with Gasteiger partial charge in [0.05, 0.1) is 0 Å². The molecule has 5 heteroatoms. The molecule has 1 aliphatic rings. The maximum atomic E-state index is 12.2. The molecule has 0 bridgehead atoms. The summed E-state index contributed by atoms with van der Waals surface area (Å²) < 4.78 is 5.45. The lowest BCUT2D eigenvalue weighted by atomic mass is 9.66. The van der Waals surface area contributed by atoms with Gasteiger partial charge in [-0.3, -0.25) is 4.79 Å². The van der Waals surface area contributed by atoms with Gasteiger partial charge < -0.3 is 15.8 Å². The van der Waals surface area contributed by atoms with E-state index in [9.17, 15) is 4.79 Å². The van der Waals surface area contributed by atoms with Crippen LogP contribution in [0.2, 0.25) is 0 Å². The van der Waals surface area contributed by atoms with Crippen LogP contribution in [0.1, 0.15) is 44.2 Å². The zero-order valence-electron chi connectivity index (χ0n) is 13.2. The highest BCUT2D eigenvalue weighted by atomic mass is 35.5. The SMILES string of the molecule is CCOCCC1(CNC(=O)C(N)c2ccccc2)CCC1.Cl. The quantitative estimate of drug-likeness (QED) is 0.722. The Kier molecular flexibility index (Phi) is 7.87. The van der Waals surface area contributed by atoms with Crippen molar-refractivity contribution in [3.8, 4) is 0 Å². The molecular weight excluding hydrogens is 300 g/mol. The molecule has 0 aromatic heterocycles. The van der Waals surface area contributed by atoms with Crippen LogP contribution >= 0.6 is 12.4 Å². The third-order valence-electron chi connectivity index (χ3n) is 4.47. The number of benzene rings is 1. The van der Waals surface area contributed by atoms with Crippen LogP contribution < -0.4 is 11.1 Å². The van der Waals surface area contributed by atoms with Crippen LogP contribution in [0.25, 0.3) is 0 Å². The van der Waals surface area contributed by atoms with Gasteiger partial charge in [-0.1, -0.05) is 36.8 Å². The van der Waals surface area contributed by atoms with Crippen molar-refractivity contribution in [1.82, 2.24) is 5.32 Å². The highest BCUT2D eigenvalue weighted by Crippen LogP contribution is 2.43. The molecule has 1 aromatic carbocycles. The van der Waals surface area contributed by atoms with Gasteiger partial charge in [0.2, 0.25) is 5.91 Å². The first-order chi connectivity index (χ1) is 10.2. The van der Waals surface area contributed by atoms with Gasteiger partial charge in [-0.2, -0.15) is 0 Å². The van der Waals surface area contributed by atoms with E-state index in [1.807, 2.05) is 37.3 Å². The minimum atomic E-state index is -0.588. The molecule has 22 heavy (non-hydrogen) atoms. The summed E-state index contributed by atoms with van der Waals surface area (Å²) in [6, 6.07) is 8.91. The molecule has 1 saturated carbocycles. The molecule has 0 heterocycles. The molecule has 4 nitrogen and oxygen atoms in total. The van der Waals surface area contributed by atoms with Gasteiger partial charge in [0.15, 0.2) is 0 Å².